The number of hydrogen-bond acceptors (Lipinski definition) is 4. The highest BCUT2D eigenvalue weighted by atomic mass is 16.5. The average molecular weight is 386 g/mol. The Morgan fingerprint density at radius 2 is 1.86 bits per heavy atom. The monoisotopic (exact) mass is 386 g/mol. The van der Waals surface area contributed by atoms with E-state index < -0.39 is 11.5 Å². The van der Waals surface area contributed by atoms with E-state index in [4.69, 9.17) is 4.74 Å². The highest BCUT2D eigenvalue weighted by Gasteiger charge is 2.44. The highest BCUT2D eigenvalue weighted by molar-refractivity contribution is 6.01. The topological polar surface area (TPSA) is 75.7 Å². The van der Waals surface area contributed by atoms with E-state index in [-0.39, 0.29) is 24.2 Å². The van der Waals surface area contributed by atoms with Crippen molar-refractivity contribution in [1.82, 2.24) is 5.32 Å². The van der Waals surface area contributed by atoms with Gasteiger partial charge in [0.2, 0.25) is 11.8 Å². The van der Waals surface area contributed by atoms with E-state index in [1.165, 1.54) is 7.11 Å². The van der Waals surface area contributed by atoms with Crippen molar-refractivity contribution in [2.45, 2.75) is 63.8 Å². The number of aryl methyl sites for hydroxylation is 1. The molecule has 0 spiro atoms. The Kier molecular flexibility index (Phi) is 6.37. The second kappa shape index (κ2) is 8.76. The van der Waals surface area contributed by atoms with Crippen LogP contribution in [0.3, 0.4) is 0 Å². The normalized spacial score (nSPS) is 21.9. The highest BCUT2D eigenvalue weighted by Crippen LogP contribution is 2.32. The van der Waals surface area contributed by atoms with Gasteiger partial charge in [0.15, 0.2) is 0 Å². The second-order valence-corrected chi connectivity index (χ2v) is 7.86. The number of para-hydroxylation sites is 1. The molecule has 1 heterocycles. The Morgan fingerprint density at radius 1 is 1.18 bits per heavy atom. The van der Waals surface area contributed by atoms with Gasteiger partial charge in [-0.3, -0.25) is 9.59 Å². The maximum absolute atomic E-state index is 13.0. The van der Waals surface area contributed by atoms with Crippen LogP contribution in [0.2, 0.25) is 0 Å². The summed E-state index contributed by atoms with van der Waals surface area (Å²) in [5.74, 6) is -1.10. The van der Waals surface area contributed by atoms with Gasteiger partial charge in [-0.25, -0.2) is 4.79 Å². The van der Waals surface area contributed by atoms with E-state index in [0.29, 0.717) is 19.4 Å². The van der Waals surface area contributed by atoms with Crippen LogP contribution in [0.4, 0.5) is 5.69 Å². The number of methoxy groups -OCH3 is 1. The van der Waals surface area contributed by atoms with E-state index >= 15 is 0 Å². The summed E-state index contributed by atoms with van der Waals surface area (Å²) in [6.07, 6.45) is 6.05. The number of carbonyl (C=O) groups excluding carboxylic acids is 3. The Hall–Kier alpha value is -2.37. The minimum atomic E-state index is -0.958. The van der Waals surface area contributed by atoms with Gasteiger partial charge in [0.25, 0.3) is 0 Å². The molecule has 0 bridgehead atoms. The van der Waals surface area contributed by atoms with Crippen LogP contribution in [-0.4, -0.2) is 37.0 Å². The van der Waals surface area contributed by atoms with Crippen molar-refractivity contribution in [3.8, 4) is 0 Å². The molecule has 1 aliphatic carbocycles. The molecule has 1 saturated carbocycles. The summed E-state index contributed by atoms with van der Waals surface area (Å²) in [6, 6.07) is 7.80. The van der Waals surface area contributed by atoms with Crippen molar-refractivity contribution < 1.29 is 19.1 Å². The van der Waals surface area contributed by atoms with Gasteiger partial charge in [0.05, 0.1) is 13.0 Å². The van der Waals surface area contributed by atoms with Crippen LogP contribution >= 0.6 is 0 Å². The third kappa shape index (κ3) is 4.05. The fourth-order valence-corrected chi connectivity index (χ4v) is 4.43. The molecule has 1 atom stereocenters. The fourth-order valence-electron chi connectivity index (χ4n) is 4.43. The molecule has 152 valence electrons. The molecule has 6 heteroatoms. The van der Waals surface area contributed by atoms with Crippen LogP contribution in [0.25, 0.3) is 0 Å². The molecule has 1 aromatic rings. The molecule has 1 aliphatic heterocycles. The van der Waals surface area contributed by atoms with E-state index in [0.717, 1.165) is 43.4 Å². The van der Waals surface area contributed by atoms with Gasteiger partial charge in [-0.2, -0.15) is 0 Å². The first-order chi connectivity index (χ1) is 13.5. The number of rotatable bonds is 5. The summed E-state index contributed by atoms with van der Waals surface area (Å²) in [4.78, 5) is 39.9. The molecule has 1 N–H and O–H groups in total. The number of benzene rings is 1. The number of nitrogens with zero attached hydrogens (tertiary/aromatic N) is 1. The molecule has 2 aliphatic rings. The second-order valence-electron chi connectivity index (χ2n) is 7.86. The van der Waals surface area contributed by atoms with Crippen LogP contribution in [0.5, 0.6) is 0 Å². The zero-order valence-electron chi connectivity index (χ0n) is 16.8. The van der Waals surface area contributed by atoms with Crippen molar-refractivity contribution in [3.05, 3.63) is 29.8 Å². The molecule has 28 heavy (non-hydrogen) atoms. The molecule has 1 aromatic carbocycles. The lowest BCUT2D eigenvalue weighted by Gasteiger charge is -2.32. The number of hydrogen-bond donors (Lipinski definition) is 1. The predicted octanol–water partition coefficient (Wildman–Crippen LogP) is 2.98. The Morgan fingerprint density at radius 3 is 2.50 bits per heavy atom. The van der Waals surface area contributed by atoms with Gasteiger partial charge in [-0.1, -0.05) is 50.8 Å². The number of anilines is 1. The largest absolute Gasteiger partial charge is 0.467 e. The van der Waals surface area contributed by atoms with Crippen molar-refractivity contribution in [1.29, 1.82) is 0 Å². The molecule has 1 unspecified atom stereocenters. The van der Waals surface area contributed by atoms with Crippen LogP contribution < -0.4 is 10.2 Å². The fraction of sp³-hybridized carbons (Fsp3) is 0.591. The number of carbonyl (C=O) groups is 3. The molecule has 2 amide bonds. The number of nitrogens with one attached hydrogen (secondary N) is 1. The van der Waals surface area contributed by atoms with Gasteiger partial charge < -0.3 is 15.0 Å². The number of esters is 1. The predicted molar refractivity (Wildman–Crippen MR) is 107 cm³/mol. The van der Waals surface area contributed by atoms with Gasteiger partial charge >= 0.3 is 5.97 Å². The molecule has 3 rings (SSSR count). The number of amides is 2. The molecular weight excluding hydrogens is 356 g/mol. The third-order valence-electron chi connectivity index (χ3n) is 6.05. The molecule has 1 saturated heterocycles. The maximum atomic E-state index is 13.0. The summed E-state index contributed by atoms with van der Waals surface area (Å²) in [5, 5.41) is 2.99. The number of ether oxygens (including phenoxy) is 1. The van der Waals surface area contributed by atoms with E-state index in [1.54, 1.807) is 4.90 Å². The first kappa shape index (κ1) is 20.4. The first-order valence-corrected chi connectivity index (χ1v) is 10.3. The molecular formula is C22H30N2O4. The molecule has 0 radical (unpaired) electrons. The minimum Gasteiger partial charge on any atom is -0.467 e. The zero-order valence-corrected chi connectivity index (χ0v) is 16.8. The van der Waals surface area contributed by atoms with Crippen LogP contribution in [0, 0.1) is 5.92 Å². The van der Waals surface area contributed by atoms with Gasteiger partial charge in [0, 0.05) is 18.7 Å². The third-order valence-corrected chi connectivity index (χ3v) is 6.05. The van der Waals surface area contributed by atoms with Crippen LogP contribution in [0.15, 0.2) is 24.3 Å². The molecule has 6 nitrogen and oxygen atoms in total. The van der Waals surface area contributed by atoms with Crippen molar-refractivity contribution in [2.75, 3.05) is 18.6 Å². The summed E-state index contributed by atoms with van der Waals surface area (Å²) in [5.41, 5.74) is 1.01. The summed E-state index contributed by atoms with van der Waals surface area (Å²) < 4.78 is 5.02. The van der Waals surface area contributed by atoms with Gasteiger partial charge in [-0.05, 0) is 30.9 Å². The summed E-state index contributed by atoms with van der Waals surface area (Å²) in [6.45, 7) is 2.40. The molecule has 0 aromatic heterocycles. The van der Waals surface area contributed by atoms with Crippen LogP contribution in [-0.2, 0) is 25.5 Å². The Labute approximate surface area is 166 Å². The van der Waals surface area contributed by atoms with E-state index in [9.17, 15) is 14.4 Å². The standard InChI is InChI=1S/C22H30N2O4/c1-3-16-10-6-7-11-18(16)24-15-17(14-19(24)25)20(26)23-22(21(27)28-2)12-8-4-5-9-13-22/h6-7,10-11,17H,3-5,8-9,12-15H2,1-2H3,(H,23,26). The maximum Gasteiger partial charge on any atom is 0.331 e. The van der Waals surface area contributed by atoms with E-state index in [2.05, 4.69) is 12.2 Å². The first-order valence-electron chi connectivity index (χ1n) is 10.3. The van der Waals surface area contributed by atoms with Gasteiger partial charge in [-0.15, -0.1) is 0 Å². The van der Waals surface area contributed by atoms with Crippen LogP contribution in [0.1, 0.15) is 57.4 Å². The lowest BCUT2D eigenvalue weighted by atomic mass is 9.89. The van der Waals surface area contributed by atoms with E-state index in [1.807, 2.05) is 24.3 Å². The Balaban J connectivity index is 1.75. The molecule has 2 fully saturated rings. The quantitative estimate of drug-likeness (QED) is 0.624. The Bertz CT molecular complexity index is 738. The lowest BCUT2D eigenvalue weighted by Crippen LogP contribution is -2.56. The average Bonchev–Trinajstić information content (AvgIpc) is 2.94. The minimum absolute atomic E-state index is 0.0472. The van der Waals surface area contributed by atoms with Crippen molar-refractivity contribution >= 4 is 23.5 Å². The SMILES string of the molecule is CCc1ccccc1N1CC(C(=O)NC2(C(=O)OC)CCCCCC2)CC1=O. The van der Waals surface area contributed by atoms with Crippen molar-refractivity contribution in [2.24, 2.45) is 5.92 Å². The lowest BCUT2D eigenvalue weighted by molar-refractivity contribution is -0.152. The summed E-state index contributed by atoms with van der Waals surface area (Å²) in [7, 11) is 1.36. The summed E-state index contributed by atoms with van der Waals surface area (Å²) >= 11 is 0. The zero-order chi connectivity index (χ0) is 20.1. The van der Waals surface area contributed by atoms with Crippen molar-refractivity contribution in [3.63, 3.8) is 0 Å². The smallest absolute Gasteiger partial charge is 0.331 e. The van der Waals surface area contributed by atoms with Gasteiger partial charge in [0.1, 0.15) is 5.54 Å².